The number of benzene rings is 1. The number of rotatable bonds is 5. The van der Waals surface area contributed by atoms with Gasteiger partial charge in [0.15, 0.2) is 0 Å². The predicted octanol–water partition coefficient (Wildman–Crippen LogP) is 0.825. The fourth-order valence-electron chi connectivity index (χ4n) is 1.93. The summed E-state index contributed by atoms with van der Waals surface area (Å²) in [5.74, 6) is -0.815. The van der Waals surface area contributed by atoms with Crippen molar-refractivity contribution >= 4 is 17.5 Å². The first-order valence-corrected chi connectivity index (χ1v) is 6.64. The zero-order chi connectivity index (χ0) is 15.2. The van der Waals surface area contributed by atoms with E-state index < -0.39 is 5.91 Å². The second-order valence-corrected chi connectivity index (χ2v) is 4.78. The molecule has 0 spiro atoms. The molecule has 1 aromatic carbocycles. The Balaban J connectivity index is 1.89. The Hall–Kier alpha value is -2.41. The van der Waals surface area contributed by atoms with Crippen LogP contribution in [0.25, 0.3) is 0 Å². The molecule has 1 heterocycles. The zero-order valence-corrected chi connectivity index (χ0v) is 11.6. The van der Waals surface area contributed by atoms with E-state index in [1.807, 2.05) is 19.1 Å². The van der Waals surface area contributed by atoms with E-state index in [4.69, 9.17) is 10.0 Å². The number of nitrogens with zero attached hydrogens (tertiary/aromatic N) is 1. The summed E-state index contributed by atoms with van der Waals surface area (Å²) in [6.45, 7) is 2.10. The largest absolute Gasteiger partial charge is 0.392 e. The monoisotopic (exact) mass is 291 g/mol. The summed E-state index contributed by atoms with van der Waals surface area (Å²) in [5.41, 5.74) is 3.80. The maximum atomic E-state index is 11.8. The van der Waals surface area contributed by atoms with Gasteiger partial charge in [0, 0.05) is 24.9 Å². The second-order valence-electron chi connectivity index (χ2n) is 4.78. The normalized spacial score (nSPS) is 16.9. The molecule has 1 unspecified atom stereocenters. The Kier molecular flexibility index (Phi) is 4.89. The van der Waals surface area contributed by atoms with Gasteiger partial charge < -0.3 is 10.2 Å². The van der Waals surface area contributed by atoms with Crippen molar-refractivity contribution in [2.24, 2.45) is 5.16 Å². The number of hydroxylamine groups is 1. The van der Waals surface area contributed by atoms with Crippen molar-refractivity contribution < 1.29 is 19.6 Å². The first-order chi connectivity index (χ1) is 10.1. The molecule has 0 aliphatic carbocycles. The molecular weight excluding hydrogens is 274 g/mol. The Labute approximate surface area is 121 Å². The maximum Gasteiger partial charge on any atom is 0.251 e. The third-order valence-electron chi connectivity index (χ3n) is 3.07. The Morgan fingerprint density at radius 3 is 2.67 bits per heavy atom. The van der Waals surface area contributed by atoms with Crippen LogP contribution in [-0.4, -0.2) is 35.4 Å². The highest BCUT2D eigenvalue weighted by molar-refractivity contribution is 6.02. The molecule has 0 bridgehead atoms. The van der Waals surface area contributed by atoms with E-state index in [2.05, 4.69) is 10.5 Å². The third-order valence-corrected chi connectivity index (χ3v) is 3.07. The molecule has 2 rings (SSSR count). The number of hydrogen-bond donors (Lipinski definition) is 3. The van der Waals surface area contributed by atoms with Crippen LogP contribution in [0.15, 0.2) is 29.4 Å². The van der Waals surface area contributed by atoms with E-state index in [1.165, 1.54) is 5.48 Å². The molecule has 0 aromatic heterocycles. The van der Waals surface area contributed by atoms with Crippen molar-refractivity contribution in [3.05, 3.63) is 35.4 Å². The van der Waals surface area contributed by atoms with Gasteiger partial charge in [-0.05, 0) is 24.6 Å². The zero-order valence-electron chi connectivity index (χ0n) is 11.6. The molecule has 2 amide bonds. The summed E-state index contributed by atoms with van der Waals surface area (Å²) in [6.07, 6.45) is 0.856. The summed E-state index contributed by atoms with van der Waals surface area (Å²) in [7, 11) is 0. The molecule has 21 heavy (non-hydrogen) atoms. The molecule has 1 atom stereocenters. The fraction of sp³-hybridized carbons (Fsp3) is 0.357. The quantitative estimate of drug-likeness (QED) is 0.552. The Bertz CT molecular complexity index is 554. The number of carbonyl (C=O) groups is 2. The van der Waals surface area contributed by atoms with Gasteiger partial charge in [-0.2, -0.15) is 0 Å². The van der Waals surface area contributed by atoms with Crippen LogP contribution in [-0.2, 0) is 9.63 Å². The minimum absolute atomic E-state index is 0.0202. The smallest absolute Gasteiger partial charge is 0.251 e. The predicted molar refractivity (Wildman–Crippen MR) is 75.0 cm³/mol. The van der Waals surface area contributed by atoms with Gasteiger partial charge in [0.1, 0.15) is 6.10 Å². The lowest BCUT2D eigenvalue weighted by Crippen LogP contribution is -2.29. The molecule has 1 aliphatic heterocycles. The van der Waals surface area contributed by atoms with Crippen LogP contribution in [0.1, 0.15) is 35.7 Å². The Morgan fingerprint density at radius 1 is 1.38 bits per heavy atom. The van der Waals surface area contributed by atoms with Crippen LogP contribution in [0.5, 0.6) is 0 Å². The summed E-state index contributed by atoms with van der Waals surface area (Å²) in [6, 6.07) is 7.02. The van der Waals surface area contributed by atoms with Gasteiger partial charge in [-0.1, -0.05) is 17.3 Å². The Morgan fingerprint density at radius 2 is 2.10 bits per heavy atom. The second kappa shape index (κ2) is 6.85. The van der Waals surface area contributed by atoms with Gasteiger partial charge in [-0.15, -0.1) is 0 Å². The molecule has 7 nitrogen and oxygen atoms in total. The molecule has 0 radical (unpaired) electrons. The molecule has 0 saturated heterocycles. The fourth-order valence-corrected chi connectivity index (χ4v) is 1.93. The van der Waals surface area contributed by atoms with Crippen LogP contribution in [0, 0.1) is 0 Å². The van der Waals surface area contributed by atoms with Gasteiger partial charge in [-0.3, -0.25) is 14.8 Å². The first-order valence-electron chi connectivity index (χ1n) is 6.64. The third kappa shape index (κ3) is 4.03. The van der Waals surface area contributed by atoms with E-state index >= 15 is 0 Å². The van der Waals surface area contributed by atoms with Crippen LogP contribution < -0.4 is 10.8 Å². The van der Waals surface area contributed by atoms with E-state index in [0.717, 1.165) is 17.7 Å². The van der Waals surface area contributed by atoms with Crippen LogP contribution >= 0.6 is 0 Å². The summed E-state index contributed by atoms with van der Waals surface area (Å²) >= 11 is 0. The molecule has 3 N–H and O–H groups in total. The van der Waals surface area contributed by atoms with Crippen molar-refractivity contribution in [3.8, 4) is 0 Å². The van der Waals surface area contributed by atoms with E-state index in [1.54, 1.807) is 12.1 Å². The molecule has 112 valence electrons. The average Bonchev–Trinajstić information content (AvgIpc) is 2.93. The lowest BCUT2D eigenvalue weighted by atomic mass is 10.0. The number of oxime groups is 1. The van der Waals surface area contributed by atoms with Crippen molar-refractivity contribution in [2.45, 2.75) is 25.9 Å². The number of nitrogens with one attached hydrogen (secondary N) is 2. The number of hydrogen-bond acceptors (Lipinski definition) is 5. The van der Waals surface area contributed by atoms with Crippen molar-refractivity contribution in [3.63, 3.8) is 0 Å². The molecule has 1 aromatic rings. The summed E-state index contributed by atoms with van der Waals surface area (Å²) in [4.78, 5) is 27.8. The molecular formula is C14H17N3O4. The standard InChI is InChI=1S/C14H17N3O4/c1-9-8-12(17-21-9)10-2-4-11(5-3-10)14(19)15-7-6-13(18)16-20/h2-5,9,20H,6-8H2,1H3,(H,15,19)(H,16,18). The lowest BCUT2D eigenvalue weighted by molar-refractivity contribution is -0.129. The van der Waals surface area contributed by atoms with E-state index in [-0.39, 0.29) is 25.0 Å². The summed E-state index contributed by atoms with van der Waals surface area (Å²) in [5, 5.41) is 14.9. The topological polar surface area (TPSA) is 100 Å². The van der Waals surface area contributed by atoms with E-state index in [9.17, 15) is 9.59 Å². The van der Waals surface area contributed by atoms with Gasteiger partial charge in [-0.25, -0.2) is 5.48 Å². The lowest BCUT2D eigenvalue weighted by Gasteiger charge is -2.05. The maximum absolute atomic E-state index is 11.8. The molecule has 0 fully saturated rings. The highest BCUT2D eigenvalue weighted by atomic mass is 16.6. The van der Waals surface area contributed by atoms with E-state index in [0.29, 0.717) is 5.56 Å². The van der Waals surface area contributed by atoms with Gasteiger partial charge >= 0.3 is 0 Å². The van der Waals surface area contributed by atoms with Gasteiger partial charge in [0.2, 0.25) is 5.91 Å². The van der Waals surface area contributed by atoms with Crippen molar-refractivity contribution in [1.82, 2.24) is 10.8 Å². The minimum atomic E-state index is -0.543. The SMILES string of the molecule is CC1CC(c2ccc(C(=O)NCCC(=O)NO)cc2)=NO1. The summed E-state index contributed by atoms with van der Waals surface area (Å²) < 4.78 is 0. The van der Waals surface area contributed by atoms with Crippen LogP contribution in [0.3, 0.4) is 0 Å². The number of carbonyl (C=O) groups excluding carboxylic acids is 2. The van der Waals surface area contributed by atoms with Crippen LogP contribution in [0.4, 0.5) is 0 Å². The van der Waals surface area contributed by atoms with Crippen molar-refractivity contribution in [2.75, 3.05) is 6.54 Å². The number of amides is 2. The average molecular weight is 291 g/mol. The van der Waals surface area contributed by atoms with Crippen LogP contribution in [0.2, 0.25) is 0 Å². The molecule has 0 saturated carbocycles. The highest BCUT2D eigenvalue weighted by Crippen LogP contribution is 2.16. The molecule has 1 aliphatic rings. The van der Waals surface area contributed by atoms with Gasteiger partial charge in [0.25, 0.3) is 5.91 Å². The van der Waals surface area contributed by atoms with Crippen molar-refractivity contribution in [1.29, 1.82) is 0 Å². The minimum Gasteiger partial charge on any atom is -0.392 e. The van der Waals surface area contributed by atoms with Gasteiger partial charge in [0.05, 0.1) is 5.71 Å². The molecule has 7 heteroatoms. The first kappa shape index (κ1) is 15.0. The highest BCUT2D eigenvalue weighted by Gasteiger charge is 2.17.